The van der Waals surface area contributed by atoms with E-state index in [1.807, 2.05) is 31.2 Å². The topological polar surface area (TPSA) is 47.9 Å². The average Bonchev–Trinajstić information content (AvgIpc) is 3.11. The van der Waals surface area contributed by atoms with E-state index >= 15 is 0 Å². The standard InChI is InChI=1S/C24H16ClF2NO3/c1-14-2-4-16(5-3-14)13-30-17-8-6-15(7-9-17)10-22-24(29)31-23(28-22)18-11-20(26)21(27)12-19(18)25/h2-12H,13H2,1H3/b22-10-. The van der Waals surface area contributed by atoms with Crippen LogP contribution in [0.1, 0.15) is 22.3 Å². The van der Waals surface area contributed by atoms with Gasteiger partial charge in [0.05, 0.1) is 10.6 Å². The van der Waals surface area contributed by atoms with E-state index in [2.05, 4.69) is 4.99 Å². The summed E-state index contributed by atoms with van der Waals surface area (Å²) in [6, 6.07) is 16.8. The summed E-state index contributed by atoms with van der Waals surface area (Å²) in [7, 11) is 0. The molecule has 0 fully saturated rings. The third-order valence-corrected chi connectivity index (χ3v) is 4.88. The molecule has 1 aliphatic rings. The summed E-state index contributed by atoms with van der Waals surface area (Å²) >= 11 is 5.92. The van der Waals surface area contributed by atoms with Crippen molar-refractivity contribution in [3.8, 4) is 5.75 Å². The van der Waals surface area contributed by atoms with Crippen molar-refractivity contribution in [3.63, 3.8) is 0 Å². The van der Waals surface area contributed by atoms with Crippen LogP contribution in [-0.4, -0.2) is 11.9 Å². The van der Waals surface area contributed by atoms with E-state index in [9.17, 15) is 13.6 Å². The van der Waals surface area contributed by atoms with Gasteiger partial charge in [0, 0.05) is 0 Å². The number of benzene rings is 3. The van der Waals surface area contributed by atoms with Crippen LogP contribution in [0.15, 0.2) is 71.4 Å². The van der Waals surface area contributed by atoms with Crippen LogP contribution in [0.3, 0.4) is 0 Å². The minimum absolute atomic E-state index is 0.00262. The molecule has 0 radical (unpaired) electrons. The van der Waals surface area contributed by atoms with Gasteiger partial charge in [-0.2, -0.15) is 0 Å². The predicted octanol–water partition coefficient (Wildman–Crippen LogP) is 5.85. The maximum atomic E-state index is 13.5. The molecule has 3 aromatic carbocycles. The van der Waals surface area contributed by atoms with Crippen molar-refractivity contribution in [2.75, 3.05) is 0 Å². The number of carbonyl (C=O) groups excluding carboxylic acids is 1. The Labute approximate surface area is 182 Å². The molecule has 0 N–H and O–H groups in total. The van der Waals surface area contributed by atoms with Gasteiger partial charge < -0.3 is 9.47 Å². The van der Waals surface area contributed by atoms with E-state index in [-0.39, 0.29) is 22.2 Å². The van der Waals surface area contributed by atoms with Crippen molar-refractivity contribution in [3.05, 3.63) is 105 Å². The van der Waals surface area contributed by atoms with Gasteiger partial charge in [0.1, 0.15) is 12.4 Å². The molecule has 0 bridgehead atoms. The zero-order valence-corrected chi connectivity index (χ0v) is 17.1. The molecule has 4 nitrogen and oxygen atoms in total. The summed E-state index contributed by atoms with van der Waals surface area (Å²) in [4.78, 5) is 16.2. The fraction of sp³-hybridized carbons (Fsp3) is 0.0833. The lowest BCUT2D eigenvalue weighted by atomic mass is 10.1. The highest BCUT2D eigenvalue weighted by Crippen LogP contribution is 2.26. The second-order valence-corrected chi connectivity index (χ2v) is 7.33. The van der Waals surface area contributed by atoms with E-state index in [0.29, 0.717) is 17.9 Å². The quantitative estimate of drug-likeness (QED) is 0.284. The van der Waals surface area contributed by atoms with Crippen LogP contribution < -0.4 is 4.74 Å². The average molecular weight is 440 g/mol. The van der Waals surface area contributed by atoms with Gasteiger partial charge in [-0.1, -0.05) is 53.6 Å². The number of nitrogens with zero attached hydrogens (tertiary/aromatic N) is 1. The Morgan fingerprint density at radius 2 is 1.71 bits per heavy atom. The number of cyclic esters (lactones) is 1. The van der Waals surface area contributed by atoms with Gasteiger partial charge >= 0.3 is 5.97 Å². The smallest absolute Gasteiger partial charge is 0.363 e. The van der Waals surface area contributed by atoms with Gasteiger partial charge in [-0.05, 0) is 48.4 Å². The van der Waals surface area contributed by atoms with E-state index in [1.165, 1.54) is 11.6 Å². The van der Waals surface area contributed by atoms with Crippen LogP contribution in [0.25, 0.3) is 6.08 Å². The number of rotatable bonds is 5. The Kier molecular flexibility index (Phi) is 5.82. The summed E-state index contributed by atoms with van der Waals surface area (Å²) in [5.41, 5.74) is 2.95. The van der Waals surface area contributed by atoms with Crippen molar-refractivity contribution >= 4 is 29.5 Å². The minimum atomic E-state index is -1.11. The number of ether oxygens (including phenoxy) is 2. The van der Waals surface area contributed by atoms with Gasteiger partial charge in [-0.15, -0.1) is 0 Å². The maximum Gasteiger partial charge on any atom is 0.363 e. The fourth-order valence-electron chi connectivity index (χ4n) is 2.88. The first-order valence-electron chi connectivity index (χ1n) is 9.35. The first-order chi connectivity index (χ1) is 14.9. The van der Waals surface area contributed by atoms with Crippen molar-refractivity contribution in [2.24, 2.45) is 4.99 Å². The largest absolute Gasteiger partial charge is 0.489 e. The molecule has 1 heterocycles. The molecule has 0 spiro atoms. The molecule has 0 aromatic heterocycles. The number of halogens is 3. The van der Waals surface area contributed by atoms with E-state index < -0.39 is 17.6 Å². The lowest BCUT2D eigenvalue weighted by Crippen LogP contribution is -2.07. The van der Waals surface area contributed by atoms with Gasteiger partial charge in [0.25, 0.3) is 0 Å². The highest BCUT2D eigenvalue weighted by Gasteiger charge is 2.26. The number of carbonyl (C=O) groups is 1. The Morgan fingerprint density at radius 3 is 2.42 bits per heavy atom. The molecule has 1 aliphatic heterocycles. The zero-order valence-electron chi connectivity index (χ0n) is 16.4. The SMILES string of the molecule is Cc1ccc(COc2ccc(/C=C3\N=C(c4cc(F)c(F)cc4Cl)OC3=O)cc2)cc1. The lowest BCUT2D eigenvalue weighted by molar-refractivity contribution is -0.129. The predicted molar refractivity (Wildman–Crippen MR) is 114 cm³/mol. The van der Waals surface area contributed by atoms with Gasteiger partial charge in [0.15, 0.2) is 17.3 Å². The molecular weight excluding hydrogens is 424 g/mol. The number of aryl methyl sites for hydroxylation is 1. The van der Waals surface area contributed by atoms with Gasteiger partial charge in [0.2, 0.25) is 5.90 Å². The molecule has 0 aliphatic carbocycles. The van der Waals surface area contributed by atoms with E-state index in [0.717, 1.165) is 17.7 Å². The summed E-state index contributed by atoms with van der Waals surface area (Å²) in [6.07, 6.45) is 1.52. The molecule has 4 rings (SSSR count). The van der Waals surface area contributed by atoms with Crippen LogP contribution in [0.4, 0.5) is 8.78 Å². The molecule has 0 amide bonds. The lowest BCUT2D eigenvalue weighted by Gasteiger charge is -2.07. The van der Waals surface area contributed by atoms with Crippen LogP contribution in [-0.2, 0) is 16.1 Å². The van der Waals surface area contributed by atoms with Gasteiger partial charge in [-0.3, -0.25) is 0 Å². The molecule has 0 atom stereocenters. The normalized spacial score (nSPS) is 14.5. The van der Waals surface area contributed by atoms with Crippen molar-refractivity contribution in [1.82, 2.24) is 0 Å². The summed E-state index contributed by atoms with van der Waals surface area (Å²) < 4.78 is 37.6. The Morgan fingerprint density at radius 1 is 1.03 bits per heavy atom. The zero-order chi connectivity index (χ0) is 22.0. The fourth-order valence-corrected chi connectivity index (χ4v) is 3.11. The molecule has 0 saturated heterocycles. The monoisotopic (exact) mass is 439 g/mol. The van der Waals surface area contributed by atoms with Gasteiger partial charge in [-0.25, -0.2) is 18.6 Å². The Balaban J connectivity index is 1.48. The van der Waals surface area contributed by atoms with Crippen molar-refractivity contribution in [1.29, 1.82) is 0 Å². The number of hydrogen-bond donors (Lipinski definition) is 0. The highest BCUT2D eigenvalue weighted by molar-refractivity contribution is 6.34. The summed E-state index contributed by atoms with van der Waals surface area (Å²) in [5.74, 6) is -2.43. The third-order valence-electron chi connectivity index (χ3n) is 4.57. The van der Waals surface area contributed by atoms with Crippen LogP contribution in [0.2, 0.25) is 5.02 Å². The van der Waals surface area contributed by atoms with E-state index in [1.54, 1.807) is 24.3 Å². The molecule has 3 aromatic rings. The molecule has 156 valence electrons. The van der Waals surface area contributed by atoms with E-state index in [4.69, 9.17) is 21.1 Å². The first kappa shape index (κ1) is 20.8. The molecule has 0 unspecified atom stereocenters. The summed E-state index contributed by atoms with van der Waals surface area (Å²) in [5, 5.41) is -0.109. The van der Waals surface area contributed by atoms with Crippen LogP contribution >= 0.6 is 11.6 Å². The number of esters is 1. The second kappa shape index (κ2) is 8.70. The first-order valence-corrected chi connectivity index (χ1v) is 9.73. The minimum Gasteiger partial charge on any atom is -0.489 e. The van der Waals surface area contributed by atoms with Crippen molar-refractivity contribution < 1.29 is 23.0 Å². The highest BCUT2D eigenvalue weighted by atomic mass is 35.5. The third kappa shape index (κ3) is 4.81. The maximum absolute atomic E-state index is 13.5. The van der Waals surface area contributed by atoms with Crippen molar-refractivity contribution in [2.45, 2.75) is 13.5 Å². The number of aliphatic imine (C=N–C) groups is 1. The molecule has 0 saturated carbocycles. The molecule has 31 heavy (non-hydrogen) atoms. The molecule has 7 heteroatoms. The molecular formula is C24H16ClF2NO3. The Hall–Kier alpha value is -3.51. The Bertz CT molecular complexity index is 1200. The second-order valence-electron chi connectivity index (χ2n) is 6.93. The summed E-state index contributed by atoms with van der Waals surface area (Å²) in [6.45, 7) is 2.47. The van der Waals surface area contributed by atoms with Crippen LogP contribution in [0.5, 0.6) is 5.75 Å². The van der Waals surface area contributed by atoms with Crippen LogP contribution in [0, 0.1) is 18.6 Å². The number of hydrogen-bond acceptors (Lipinski definition) is 4.